The molecule has 2 unspecified atom stereocenters. The number of aryl methyl sites for hydroxylation is 1. The first-order valence-electron chi connectivity index (χ1n) is 6.52. The molecule has 1 heterocycles. The van der Waals surface area contributed by atoms with Crippen molar-refractivity contribution in [2.24, 2.45) is 11.7 Å². The van der Waals surface area contributed by atoms with Gasteiger partial charge in [-0.3, -0.25) is 0 Å². The van der Waals surface area contributed by atoms with Crippen LogP contribution in [0.25, 0.3) is 0 Å². The van der Waals surface area contributed by atoms with Gasteiger partial charge < -0.3 is 10.5 Å². The molecule has 1 saturated heterocycles. The molecule has 2 rings (SSSR count). The summed E-state index contributed by atoms with van der Waals surface area (Å²) in [5.74, 6) is 1.61. The summed E-state index contributed by atoms with van der Waals surface area (Å²) in [5.41, 5.74) is 8.38. The molecule has 4 nitrogen and oxygen atoms in total. The van der Waals surface area contributed by atoms with Gasteiger partial charge >= 0.3 is 0 Å². The van der Waals surface area contributed by atoms with E-state index in [-0.39, 0.29) is 17.7 Å². The van der Waals surface area contributed by atoms with Crippen LogP contribution in [0.15, 0.2) is 18.2 Å². The Kier molecular flexibility index (Phi) is 4.16. The predicted octanol–water partition coefficient (Wildman–Crippen LogP) is 1.83. The first kappa shape index (κ1) is 14.3. The fraction of sp³-hybridized carbons (Fsp3) is 0.571. The van der Waals surface area contributed by atoms with E-state index in [4.69, 9.17) is 10.5 Å². The Morgan fingerprint density at radius 3 is 2.74 bits per heavy atom. The van der Waals surface area contributed by atoms with E-state index in [0.717, 1.165) is 29.7 Å². The van der Waals surface area contributed by atoms with Crippen LogP contribution in [-0.2, 0) is 9.84 Å². The molecule has 0 aliphatic carbocycles. The second-order valence-corrected chi connectivity index (χ2v) is 7.56. The number of hydrogen-bond acceptors (Lipinski definition) is 4. The number of methoxy groups -OCH3 is 1. The van der Waals surface area contributed by atoms with E-state index in [1.807, 2.05) is 25.1 Å². The average molecular weight is 283 g/mol. The van der Waals surface area contributed by atoms with E-state index >= 15 is 0 Å². The summed E-state index contributed by atoms with van der Waals surface area (Å²) < 4.78 is 28.1. The molecule has 1 fully saturated rings. The van der Waals surface area contributed by atoms with Gasteiger partial charge in [-0.25, -0.2) is 8.42 Å². The fourth-order valence-electron chi connectivity index (χ4n) is 2.74. The fourth-order valence-corrected chi connectivity index (χ4v) is 4.62. The molecular formula is C14H21NO3S. The van der Waals surface area contributed by atoms with Crippen molar-refractivity contribution in [3.63, 3.8) is 0 Å². The van der Waals surface area contributed by atoms with Gasteiger partial charge in [0.05, 0.1) is 18.6 Å². The predicted molar refractivity (Wildman–Crippen MR) is 76.0 cm³/mol. The van der Waals surface area contributed by atoms with Crippen LogP contribution >= 0.6 is 0 Å². The van der Waals surface area contributed by atoms with Crippen molar-refractivity contribution in [3.8, 4) is 5.75 Å². The molecule has 2 N–H and O–H groups in total. The maximum atomic E-state index is 11.5. The lowest BCUT2D eigenvalue weighted by atomic mass is 9.92. The van der Waals surface area contributed by atoms with Crippen LogP contribution in [0, 0.1) is 12.8 Å². The number of ether oxygens (including phenoxy) is 1. The van der Waals surface area contributed by atoms with Gasteiger partial charge in [0.15, 0.2) is 9.84 Å². The van der Waals surface area contributed by atoms with Gasteiger partial charge in [0.2, 0.25) is 0 Å². The summed E-state index contributed by atoms with van der Waals surface area (Å²) in [6, 6.07) is 5.72. The Hall–Kier alpha value is -1.07. The number of rotatable bonds is 4. The lowest BCUT2D eigenvalue weighted by Crippen LogP contribution is -2.17. The first-order valence-corrected chi connectivity index (χ1v) is 8.34. The lowest BCUT2D eigenvalue weighted by Gasteiger charge is -2.18. The van der Waals surface area contributed by atoms with Crippen molar-refractivity contribution in [1.82, 2.24) is 0 Å². The van der Waals surface area contributed by atoms with E-state index in [2.05, 4.69) is 0 Å². The molecule has 1 aromatic rings. The average Bonchev–Trinajstić information content (AvgIpc) is 2.68. The van der Waals surface area contributed by atoms with Crippen LogP contribution in [0.2, 0.25) is 0 Å². The van der Waals surface area contributed by atoms with Crippen molar-refractivity contribution < 1.29 is 13.2 Å². The molecule has 0 saturated carbocycles. The highest BCUT2D eigenvalue weighted by Gasteiger charge is 2.29. The molecule has 5 heteroatoms. The molecule has 1 aliphatic rings. The van der Waals surface area contributed by atoms with Gasteiger partial charge in [0.1, 0.15) is 5.75 Å². The highest BCUT2D eigenvalue weighted by molar-refractivity contribution is 7.91. The SMILES string of the molecule is COc1ccc(C(N)CC2CCS(=O)(=O)C2)c(C)c1. The molecule has 0 aromatic heterocycles. The molecule has 19 heavy (non-hydrogen) atoms. The minimum atomic E-state index is -2.82. The zero-order chi connectivity index (χ0) is 14.0. The van der Waals surface area contributed by atoms with Gasteiger partial charge in [-0.1, -0.05) is 6.07 Å². The van der Waals surface area contributed by atoms with Gasteiger partial charge in [-0.15, -0.1) is 0 Å². The normalized spacial score (nSPS) is 23.2. The van der Waals surface area contributed by atoms with Crippen molar-refractivity contribution in [3.05, 3.63) is 29.3 Å². The quantitative estimate of drug-likeness (QED) is 0.915. The molecular weight excluding hydrogens is 262 g/mol. The van der Waals surface area contributed by atoms with Crippen LogP contribution in [0.1, 0.15) is 30.0 Å². The second-order valence-electron chi connectivity index (χ2n) is 5.33. The van der Waals surface area contributed by atoms with Crippen LogP contribution < -0.4 is 10.5 Å². The molecule has 2 atom stereocenters. The first-order chi connectivity index (χ1) is 8.91. The molecule has 1 aromatic carbocycles. The third-order valence-corrected chi connectivity index (χ3v) is 5.63. The Morgan fingerprint density at radius 1 is 1.47 bits per heavy atom. The summed E-state index contributed by atoms with van der Waals surface area (Å²) in [6.45, 7) is 2.00. The standard InChI is InChI=1S/C14H21NO3S/c1-10-7-12(18-2)3-4-13(10)14(15)8-11-5-6-19(16,17)9-11/h3-4,7,11,14H,5-6,8-9,15H2,1-2H3. The summed E-state index contributed by atoms with van der Waals surface area (Å²) in [7, 11) is -1.18. The number of sulfone groups is 1. The van der Waals surface area contributed by atoms with Gasteiger partial charge in [-0.05, 0) is 48.9 Å². The third-order valence-electron chi connectivity index (χ3n) is 3.79. The third kappa shape index (κ3) is 3.48. The Bertz CT molecular complexity index is 554. The van der Waals surface area contributed by atoms with E-state index in [0.29, 0.717) is 5.75 Å². The molecule has 106 valence electrons. The second kappa shape index (κ2) is 5.51. The van der Waals surface area contributed by atoms with Gasteiger partial charge in [0, 0.05) is 6.04 Å². The zero-order valence-corrected chi connectivity index (χ0v) is 12.2. The number of hydrogen-bond donors (Lipinski definition) is 1. The van der Waals surface area contributed by atoms with E-state index in [1.54, 1.807) is 7.11 Å². The van der Waals surface area contributed by atoms with Crippen LogP contribution in [0.3, 0.4) is 0 Å². The van der Waals surface area contributed by atoms with Crippen molar-refractivity contribution >= 4 is 9.84 Å². The summed E-state index contributed by atoms with van der Waals surface area (Å²) in [4.78, 5) is 0. The summed E-state index contributed by atoms with van der Waals surface area (Å²) in [5, 5.41) is 0. The lowest BCUT2D eigenvalue weighted by molar-refractivity contribution is 0.413. The Balaban J connectivity index is 2.06. The van der Waals surface area contributed by atoms with Crippen molar-refractivity contribution in [1.29, 1.82) is 0 Å². The Labute approximate surface area is 114 Å². The van der Waals surface area contributed by atoms with Crippen LogP contribution in [0.4, 0.5) is 0 Å². The highest BCUT2D eigenvalue weighted by Crippen LogP contribution is 2.30. The topological polar surface area (TPSA) is 69.4 Å². The Morgan fingerprint density at radius 2 is 2.21 bits per heavy atom. The summed E-state index contributed by atoms with van der Waals surface area (Å²) in [6.07, 6.45) is 1.47. The molecule has 0 spiro atoms. The smallest absolute Gasteiger partial charge is 0.150 e. The molecule has 0 radical (unpaired) electrons. The molecule has 0 bridgehead atoms. The monoisotopic (exact) mass is 283 g/mol. The largest absolute Gasteiger partial charge is 0.497 e. The molecule has 0 amide bonds. The van der Waals surface area contributed by atoms with Crippen LogP contribution in [-0.4, -0.2) is 27.0 Å². The van der Waals surface area contributed by atoms with E-state index < -0.39 is 9.84 Å². The maximum Gasteiger partial charge on any atom is 0.150 e. The minimum Gasteiger partial charge on any atom is -0.497 e. The zero-order valence-electron chi connectivity index (χ0n) is 11.4. The van der Waals surface area contributed by atoms with Gasteiger partial charge in [-0.2, -0.15) is 0 Å². The summed E-state index contributed by atoms with van der Waals surface area (Å²) >= 11 is 0. The highest BCUT2D eigenvalue weighted by atomic mass is 32.2. The minimum absolute atomic E-state index is 0.107. The maximum absolute atomic E-state index is 11.5. The van der Waals surface area contributed by atoms with Crippen molar-refractivity contribution in [2.45, 2.75) is 25.8 Å². The van der Waals surface area contributed by atoms with Gasteiger partial charge in [0.25, 0.3) is 0 Å². The number of benzene rings is 1. The van der Waals surface area contributed by atoms with Crippen molar-refractivity contribution in [2.75, 3.05) is 18.6 Å². The molecule has 1 aliphatic heterocycles. The van der Waals surface area contributed by atoms with E-state index in [1.165, 1.54) is 0 Å². The van der Waals surface area contributed by atoms with Crippen LogP contribution in [0.5, 0.6) is 5.75 Å². The van der Waals surface area contributed by atoms with E-state index in [9.17, 15) is 8.42 Å². The number of nitrogens with two attached hydrogens (primary N) is 1.